The van der Waals surface area contributed by atoms with Gasteiger partial charge in [-0.25, -0.2) is 4.79 Å². The molecule has 1 aromatic rings. The van der Waals surface area contributed by atoms with Gasteiger partial charge in [0.1, 0.15) is 0 Å². The number of amides is 1. The van der Waals surface area contributed by atoms with Gasteiger partial charge in [-0.3, -0.25) is 4.79 Å². The molecule has 1 amide bonds. The van der Waals surface area contributed by atoms with Gasteiger partial charge >= 0.3 is 5.97 Å². The van der Waals surface area contributed by atoms with E-state index < -0.39 is 5.97 Å². The average Bonchev–Trinajstić information content (AvgIpc) is 2.38. The van der Waals surface area contributed by atoms with Crippen molar-refractivity contribution in [2.24, 2.45) is 0 Å². The monoisotopic (exact) mass is 280 g/mol. The van der Waals surface area contributed by atoms with Crippen LogP contribution in [0.4, 0.5) is 5.69 Å². The lowest BCUT2D eigenvalue weighted by Crippen LogP contribution is -2.37. The number of rotatable bonds is 7. The predicted molar refractivity (Wildman–Crippen MR) is 76.3 cm³/mol. The molecule has 0 atom stereocenters. The number of carbonyl (C=O) groups excluding carboxylic acids is 1. The van der Waals surface area contributed by atoms with Crippen LogP contribution in [0.3, 0.4) is 0 Å². The second-order valence-electron chi connectivity index (χ2n) is 4.52. The van der Waals surface area contributed by atoms with Crippen molar-refractivity contribution in [3.8, 4) is 0 Å². The van der Waals surface area contributed by atoms with Crippen LogP contribution < -0.4 is 10.2 Å². The van der Waals surface area contributed by atoms with Crippen molar-refractivity contribution in [1.29, 1.82) is 0 Å². The zero-order valence-electron chi connectivity index (χ0n) is 12.0. The molecule has 6 nitrogen and oxygen atoms in total. The van der Waals surface area contributed by atoms with Gasteiger partial charge in [0.25, 0.3) is 0 Å². The molecule has 0 heterocycles. The first-order chi connectivity index (χ1) is 9.45. The summed E-state index contributed by atoms with van der Waals surface area (Å²) in [6.07, 6.45) is 0. The number of aromatic carboxylic acids is 1. The first-order valence-electron chi connectivity index (χ1n) is 6.26. The minimum absolute atomic E-state index is 0.0903. The molecule has 0 fully saturated rings. The fraction of sp³-hybridized carbons (Fsp3) is 0.429. The third kappa shape index (κ3) is 4.55. The minimum atomic E-state index is -1.00. The molecule has 1 rings (SSSR count). The molecule has 0 aliphatic carbocycles. The average molecular weight is 280 g/mol. The van der Waals surface area contributed by atoms with Crippen LogP contribution in [0.15, 0.2) is 18.2 Å². The van der Waals surface area contributed by atoms with Crippen molar-refractivity contribution in [2.75, 3.05) is 38.8 Å². The maximum absolute atomic E-state index is 11.7. The van der Waals surface area contributed by atoms with Crippen molar-refractivity contribution in [3.63, 3.8) is 0 Å². The molecule has 6 heteroatoms. The van der Waals surface area contributed by atoms with Crippen molar-refractivity contribution in [2.45, 2.75) is 6.92 Å². The topological polar surface area (TPSA) is 78.9 Å². The lowest BCUT2D eigenvalue weighted by atomic mass is 10.1. The number of ether oxygens (including phenoxy) is 1. The fourth-order valence-electron chi connectivity index (χ4n) is 1.80. The first kappa shape index (κ1) is 16.0. The van der Waals surface area contributed by atoms with Gasteiger partial charge in [0.05, 0.1) is 24.4 Å². The quantitative estimate of drug-likeness (QED) is 0.725. The summed E-state index contributed by atoms with van der Waals surface area (Å²) in [5.41, 5.74) is 1.58. The van der Waals surface area contributed by atoms with Gasteiger partial charge in [0, 0.05) is 20.7 Å². The first-order valence-corrected chi connectivity index (χ1v) is 6.26. The van der Waals surface area contributed by atoms with Crippen LogP contribution in [-0.4, -0.2) is 50.8 Å². The second kappa shape index (κ2) is 7.49. The molecule has 0 bridgehead atoms. The third-order valence-corrected chi connectivity index (χ3v) is 2.80. The molecular formula is C14H20N2O4. The molecule has 20 heavy (non-hydrogen) atoms. The fourth-order valence-corrected chi connectivity index (χ4v) is 1.80. The highest BCUT2D eigenvalue weighted by Crippen LogP contribution is 2.20. The van der Waals surface area contributed by atoms with E-state index in [0.717, 1.165) is 5.56 Å². The summed E-state index contributed by atoms with van der Waals surface area (Å²) in [5.74, 6) is -1.18. The molecule has 1 aromatic carbocycles. The Morgan fingerprint density at radius 2 is 2.10 bits per heavy atom. The lowest BCUT2D eigenvalue weighted by molar-refractivity contribution is -0.119. The Balaban J connectivity index is 2.74. The number of aryl methyl sites for hydroxylation is 1. The summed E-state index contributed by atoms with van der Waals surface area (Å²) in [6.45, 7) is 2.80. The van der Waals surface area contributed by atoms with Crippen molar-refractivity contribution in [3.05, 3.63) is 29.3 Å². The van der Waals surface area contributed by atoms with E-state index in [1.54, 1.807) is 31.2 Å². The van der Waals surface area contributed by atoms with E-state index in [0.29, 0.717) is 18.8 Å². The summed E-state index contributed by atoms with van der Waals surface area (Å²) in [7, 11) is 3.25. The van der Waals surface area contributed by atoms with Crippen LogP contribution in [0.5, 0.6) is 0 Å². The largest absolute Gasteiger partial charge is 0.478 e. The molecule has 0 saturated carbocycles. The van der Waals surface area contributed by atoms with Crippen LogP contribution >= 0.6 is 0 Å². The highest BCUT2D eigenvalue weighted by Gasteiger charge is 2.15. The van der Waals surface area contributed by atoms with Gasteiger partial charge in [-0.15, -0.1) is 0 Å². The third-order valence-electron chi connectivity index (χ3n) is 2.80. The van der Waals surface area contributed by atoms with Crippen molar-refractivity contribution < 1.29 is 19.4 Å². The normalized spacial score (nSPS) is 10.2. The molecule has 0 aromatic heterocycles. The Morgan fingerprint density at radius 3 is 2.70 bits per heavy atom. The number of hydrogen-bond donors (Lipinski definition) is 2. The van der Waals surface area contributed by atoms with Crippen molar-refractivity contribution >= 4 is 17.6 Å². The molecule has 0 unspecified atom stereocenters. The van der Waals surface area contributed by atoms with Gasteiger partial charge in [0.2, 0.25) is 5.91 Å². The predicted octanol–water partition coefficient (Wildman–Crippen LogP) is 0.892. The van der Waals surface area contributed by atoms with Crippen LogP contribution in [0.25, 0.3) is 0 Å². The highest BCUT2D eigenvalue weighted by molar-refractivity contribution is 5.95. The molecular weight excluding hydrogens is 260 g/mol. The Labute approximate surface area is 118 Å². The summed E-state index contributed by atoms with van der Waals surface area (Å²) in [4.78, 5) is 24.5. The summed E-state index contributed by atoms with van der Waals surface area (Å²) in [5, 5.41) is 11.9. The van der Waals surface area contributed by atoms with Crippen LogP contribution in [0.2, 0.25) is 0 Å². The zero-order chi connectivity index (χ0) is 15.1. The maximum Gasteiger partial charge on any atom is 0.337 e. The van der Waals surface area contributed by atoms with E-state index in [1.165, 1.54) is 0 Å². The number of nitrogens with one attached hydrogen (secondary N) is 1. The van der Waals surface area contributed by atoms with E-state index in [4.69, 9.17) is 4.74 Å². The van der Waals surface area contributed by atoms with Gasteiger partial charge in [-0.2, -0.15) is 0 Å². The Kier molecular flexibility index (Phi) is 5.99. The van der Waals surface area contributed by atoms with E-state index >= 15 is 0 Å². The lowest BCUT2D eigenvalue weighted by Gasteiger charge is -2.21. The minimum Gasteiger partial charge on any atom is -0.478 e. The molecule has 0 aliphatic rings. The number of hydrogen-bond acceptors (Lipinski definition) is 4. The van der Waals surface area contributed by atoms with E-state index in [-0.39, 0.29) is 18.0 Å². The van der Waals surface area contributed by atoms with Crippen LogP contribution in [0.1, 0.15) is 15.9 Å². The van der Waals surface area contributed by atoms with Gasteiger partial charge in [-0.1, -0.05) is 11.6 Å². The Morgan fingerprint density at radius 1 is 1.40 bits per heavy atom. The standard InChI is InChI=1S/C14H20N2O4/c1-10-4-5-12(11(8-10)14(18)19)16(2)9-13(17)15-6-7-20-3/h4-5,8H,6-7,9H2,1-3H3,(H,15,17)(H,18,19). The van der Waals surface area contributed by atoms with Crippen LogP contribution in [-0.2, 0) is 9.53 Å². The number of anilines is 1. The number of nitrogens with zero attached hydrogens (tertiary/aromatic N) is 1. The second-order valence-corrected chi connectivity index (χ2v) is 4.52. The van der Waals surface area contributed by atoms with Gasteiger partial charge < -0.3 is 20.1 Å². The molecule has 0 radical (unpaired) electrons. The molecule has 2 N–H and O–H groups in total. The van der Waals surface area contributed by atoms with Gasteiger partial charge in [0.15, 0.2) is 0 Å². The number of likely N-dealkylation sites (N-methyl/N-ethyl adjacent to an activating group) is 1. The molecule has 110 valence electrons. The number of benzene rings is 1. The Hall–Kier alpha value is -2.08. The smallest absolute Gasteiger partial charge is 0.337 e. The summed E-state index contributed by atoms with van der Waals surface area (Å²) < 4.78 is 4.84. The van der Waals surface area contributed by atoms with Crippen LogP contribution in [0, 0.1) is 6.92 Å². The van der Waals surface area contributed by atoms with Gasteiger partial charge in [-0.05, 0) is 19.1 Å². The summed E-state index contributed by atoms with van der Waals surface area (Å²) in [6, 6.07) is 5.12. The molecule has 0 saturated heterocycles. The zero-order valence-corrected chi connectivity index (χ0v) is 12.0. The SMILES string of the molecule is COCCNC(=O)CN(C)c1ccc(C)cc1C(=O)O. The summed E-state index contributed by atoms with van der Waals surface area (Å²) >= 11 is 0. The van der Waals surface area contributed by atoms with Crippen molar-refractivity contribution in [1.82, 2.24) is 5.32 Å². The number of carboxylic acid groups (broad SMARTS) is 1. The van der Waals surface area contributed by atoms with E-state index in [9.17, 15) is 14.7 Å². The number of carbonyl (C=O) groups is 2. The molecule has 0 spiro atoms. The van der Waals surface area contributed by atoms with E-state index in [2.05, 4.69) is 5.32 Å². The maximum atomic E-state index is 11.7. The Bertz CT molecular complexity index is 488. The number of carboxylic acids is 1. The van der Waals surface area contributed by atoms with E-state index in [1.807, 2.05) is 13.0 Å². The highest BCUT2D eigenvalue weighted by atomic mass is 16.5. The molecule has 0 aliphatic heterocycles. The number of methoxy groups -OCH3 is 1.